The molecule has 1 aromatic carbocycles. The van der Waals surface area contributed by atoms with Crippen molar-refractivity contribution in [3.05, 3.63) is 73.0 Å². The van der Waals surface area contributed by atoms with E-state index in [0.29, 0.717) is 40.0 Å². The lowest BCUT2D eigenvalue weighted by atomic mass is 9.79. The number of hydrogen-bond acceptors (Lipinski definition) is 4. The Morgan fingerprint density at radius 2 is 1.88 bits per heavy atom. The summed E-state index contributed by atoms with van der Waals surface area (Å²) >= 11 is 6.09. The van der Waals surface area contributed by atoms with Gasteiger partial charge < -0.3 is 0 Å². The van der Waals surface area contributed by atoms with E-state index in [4.69, 9.17) is 11.6 Å². The molecule has 1 atom stereocenters. The van der Waals surface area contributed by atoms with Crippen molar-refractivity contribution in [2.45, 2.75) is 18.8 Å². The molecule has 1 aliphatic rings. The molecule has 26 heavy (non-hydrogen) atoms. The van der Waals surface area contributed by atoms with Crippen LogP contribution in [0.2, 0.25) is 5.02 Å². The van der Waals surface area contributed by atoms with Crippen LogP contribution in [0.15, 0.2) is 40.1 Å². The van der Waals surface area contributed by atoms with E-state index in [0.717, 1.165) is 10.1 Å². The summed E-state index contributed by atoms with van der Waals surface area (Å²) < 4.78 is 2.39. The Morgan fingerprint density at radius 1 is 1.12 bits per heavy atom. The van der Waals surface area contributed by atoms with Crippen molar-refractivity contribution in [1.82, 2.24) is 14.1 Å². The Kier molecular flexibility index (Phi) is 3.80. The van der Waals surface area contributed by atoms with Crippen molar-refractivity contribution in [3.63, 3.8) is 0 Å². The van der Waals surface area contributed by atoms with Gasteiger partial charge in [0.25, 0.3) is 5.56 Å². The molecule has 0 amide bonds. The summed E-state index contributed by atoms with van der Waals surface area (Å²) in [7, 11) is 3.01. The van der Waals surface area contributed by atoms with E-state index in [1.54, 1.807) is 13.1 Å². The molecule has 4 rings (SSSR count). The van der Waals surface area contributed by atoms with Gasteiger partial charge in [-0.1, -0.05) is 23.7 Å². The Bertz CT molecular complexity index is 1190. The van der Waals surface area contributed by atoms with Crippen LogP contribution >= 0.6 is 11.6 Å². The molecule has 7 heteroatoms. The largest absolute Gasteiger partial charge is 0.332 e. The minimum atomic E-state index is -0.441. The molecule has 6 nitrogen and oxygen atoms in total. The number of hydrogen-bond donors (Lipinski definition) is 0. The zero-order chi connectivity index (χ0) is 18.6. The molecule has 2 aromatic heterocycles. The number of nitrogens with zero attached hydrogens (tertiary/aromatic N) is 3. The number of aryl methyl sites for hydroxylation is 1. The van der Waals surface area contributed by atoms with Gasteiger partial charge in [0.05, 0.1) is 5.39 Å². The first-order valence-corrected chi connectivity index (χ1v) is 8.62. The highest BCUT2D eigenvalue weighted by atomic mass is 35.5. The van der Waals surface area contributed by atoms with Gasteiger partial charge in [-0.05, 0) is 35.6 Å². The first-order chi connectivity index (χ1) is 12.4. The number of Topliss-reactive ketones (excluding diaryl/α,β-unsaturated/α-hetero) is 1. The Hall–Kier alpha value is -2.73. The Balaban J connectivity index is 1.99. The molecule has 1 unspecified atom stereocenters. The monoisotopic (exact) mass is 369 g/mol. The van der Waals surface area contributed by atoms with Crippen LogP contribution in [0.4, 0.5) is 0 Å². The van der Waals surface area contributed by atoms with Crippen LogP contribution < -0.4 is 11.2 Å². The predicted molar refractivity (Wildman–Crippen MR) is 99.1 cm³/mol. The summed E-state index contributed by atoms with van der Waals surface area (Å²) in [4.78, 5) is 41.8. The van der Waals surface area contributed by atoms with E-state index in [-0.39, 0.29) is 11.7 Å². The minimum Gasteiger partial charge on any atom is -0.294 e. The number of halogens is 1. The topological polar surface area (TPSA) is 74.0 Å². The van der Waals surface area contributed by atoms with Gasteiger partial charge in [-0.25, -0.2) is 9.78 Å². The minimum absolute atomic E-state index is 0.0541. The molecule has 0 saturated heterocycles. The van der Waals surface area contributed by atoms with Crippen LogP contribution in [0, 0.1) is 0 Å². The van der Waals surface area contributed by atoms with Crippen molar-refractivity contribution < 1.29 is 4.79 Å². The van der Waals surface area contributed by atoms with Gasteiger partial charge in [0.2, 0.25) is 0 Å². The third-order valence-electron chi connectivity index (χ3n) is 5.08. The molecule has 132 valence electrons. The maximum atomic E-state index is 12.8. The smallest absolute Gasteiger partial charge is 0.294 e. The van der Waals surface area contributed by atoms with Gasteiger partial charge >= 0.3 is 5.69 Å². The van der Waals surface area contributed by atoms with E-state index in [1.807, 2.05) is 18.2 Å². The van der Waals surface area contributed by atoms with Gasteiger partial charge in [-0.3, -0.25) is 18.7 Å². The summed E-state index contributed by atoms with van der Waals surface area (Å²) in [5.74, 6) is -0.122. The summed E-state index contributed by atoms with van der Waals surface area (Å²) in [5.41, 5.74) is 1.52. The molecule has 0 N–H and O–H groups in total. The lowest BCUT2D eigenvalue weighted by Gasteiger charge is -2.25. The van der Waals surface area contributed by atoms with E-state index >= 15 is 0 Å². The van der Waals surface area contributed by atoms with Crippen molar-refractivity contribution in [3.8, 4) is 0 Å². The fraction of sp³-hybridized carbons (Fsp3) is 0.263. The van der Waals surface area contributed by atoms with Crippen LogP contribution in [-0.4, -0.2) is 19.9 Å². The first kappa shape index (κ1) is 16.7. The van der Waals surface area contributed by atoms with Crippen LogP contribution in [-0.2, 0) is 20.5 Å². The highest BCUT2D eigenvalue weighted by molar-refractivity contribution is 6.30. The number of ketones is 1. The molecule has 0 radical (unpaired) electrons. The quantitative estimate of drug-likeness (QED) is 0.659. The van der Waals surface area contributed by atoms with Crippen LogP contribution in [0.25, 0.3) is 11.0 Å². The summed E-state index contributed by atoms with van der Waals surface area (Å²) in [6.07, 6.45) is 2.34. The Morgan fingerprint density at radius 3 is 2.62 bits per heavy atom. The highest BCUT2D eigenvalue weighted by Gasteiger charge is 2.30. The van der Waals surface area contributed by atoms with Crippen molar-refractivity contribution in [1.29, 1.82) is 0 Å². The fourth-order valence-corrected chi connectivity index (χ4v) is 3.89. The fourth-order valence-electron chi connectivity index (χ4n) is 3.69. The van der Waals surface area contributed by atoms with E-state index in [9.17, 15) is 14.4 Å². The number of fused-ring (bicyclic) bond motifs is 3. The molecule has 0 aliphatic heterocycles. The number of benzene rings is 1. The molecular formula is C19H16ClN3O3. The third kappa shape index (κ3) is 2.41. The second kappa shape index (κ2) is 5.92. The summed E-state index contributed by atoms with van der Waals surface area (Å²) in [6.45, 7) is 0. The number of rotatable bonds is 1. The summed E-state index contributed by atoms with van der Waals surface area (Å²) in [5, 5.41) is 0.950. The standard InChI is InChI=1S/C19H16ClN3O3/c1-22-17-16(18(25)23(2)19(22)26)13-7-11(8-15(24)14(13)9-21-17)10-4-3-5-12(20)6-10/h3-6,9,11H,7-8H2,1-2H3. The molecule has 0 bridgehead atoms. The molecule has 2 heterocycles. The van der Waals surface area contributed by atoms with Gasteiger partial charge in [0.1, 0.15) is 5.65 Å². The first-order valence-electron chi connectivity index (χ1n) is 8.24. The predicted octanol–water partition coefficient (Wildman–Crippen LogP) is 2.20. The molecule has 3 aromatic rings. The zero-order valence-corrected chi connectivity index (χ0v) is 15.1. The molecule has 0 spiro atoms. The number of pyridine rings is 1. The maximum Gasteiger partial charge on any atom is 0.332 e. The average molecular weight is 370 g/mol. The second-order valence-corrected chi connectivity index (χ2v) is 7.07. The van der Waals surface area contributed by atoms with Gasteiger partial charge in [0, 0.05) is 37.3 Å². The van der Waals surface area contributed by atoms with Crippen LogP contribution in [0.5, 0.6) is 0 Å². The van der Waals surface area contributed by atoms with Gasteiger partial charge in [0.15, 0.2) is 5.78 Å². The average Bonchev–Trinajstić information content (AvgIpc) is 2.63. The molecular weight excluding hydrogens is 354 g/mol. The Labute approximate surface area is 153 Å². The third-order valence-corrected chi connectivity index (χ3v) is 5.31. The van der Waals surface area contributed by atoms with Crippen molar-refractivity contribution in [2.24, 2.45) is 14.1 Å². The van der Waals surface area contributed by atoms with Gasteiger partial charge in [-0.15, -0.1) is 0 Å². The molecule has 0 saturated carbocycles. The van der Waals surface area contributed by atoms with E-state index < -0.39 is 11.2 Å². The van der Waals surface area contributed by atoms with Gasteiger partial charge in [-0.2, -0.15) is 0 Å². The summed E-state index contributed by atoms with van der Waals surface area (Å²) in [6, 6.07) is 7.42. The highest BCUT2D eigenvalue weighted by Crippen LogP contribution is 2.35. The van der Waals surface area contributed by atoms with Crippen LogP contribution in [0.1, 0.15) is 33.8 Å². The number of carbonyl (C=O) groups is 1. The number of aromatic nitrogens is 3. The normalized spacial score (nSPS) is 16.7. The SMILES string of the molecule is Cn1c(=O)c2c3c(cnc2n(C)c1=O)C(=O)CC(c1cccc(Cl)c1)C3. The molecule has 0 fully saturated rings. The lowest BCUT2D eigenvalue weighted by molar-refractivity contribution is 0.0964. The van der Waals surface area contributed by atoms with Crippen molar-refractivity contribution in [2.75, 3.05) is 0 Å². The zero-order valence-electron chi connectivity index (χ0n) is 14.3. The second-order valence-electron chi connectivity index (χ2n) is 6.64. The van der Waals surface area contributed by atoms with E-state index in [2.05, 4.69) is 4.98 Å². The lowest BCUT2D eigenvalue weighted by Crippen LogP contribution is -2.38. The van der Waals surface area contributed by atoms with Crippen LogP contribution in [0.3, 0.4) is 0 Å². The maximum absolute atomic E-state index is 12.8. The van der Waals surface area contributed by atoms with Crippen molar-refractivity contribution >= 4 is 28.4 Å². The number of carbonyl (C=O) groups excluding carboxylic acids is 1. The van der Waals surface area contributed by atoms with E-state index in [1.165, 1.54) is 17.8 Å². The molecule has 1 aliphatic carbocycles.